The molecule has 2 atom stereocenters. The molecule has 2 aliphatic carbocycles. The highest BCUT2D eigenvalue weighted by atomic mass is 19.2. The van der Waals surface area contributed by atoms with Gasteiger partial charge in [0.25, 0.3) is 0 Å². The average molecular weight is 483 g/mol. The summed E-state index contributed by atoms with van der Waals surface area (Å²) in [7, 11) is 0. The summed E-state index contributed by atoms with van der Waals surface area (Å²) in [5.41, 5.74) is 3.21. The van der Waals surface area contributed by atoms with Gasteiger partial charge in [0.2, 0.25) is 0 Å². The number of alkyl halides is 2. The van der Waals surface area contributed by atoms with Gasteiger partial charge in [0.15, 0.2) is 5.65 Å². The number of fused-ring (bicyclic) bond motifs is 1. The van der Waals surface area contributed by atoms with Crippen LogP contribution in [0.2, 0.25) is 0 Å². The Bertz CT molecular complexity index is 1230. The Morgan fingerprint density at radius 3 is 2.51 bits per heavy atom. The average Bonchev–Trinajstić information content (AvgIpc) is 3.61. The van der Waals surface area contributed by atoms with Crippen LogP contribution in [0.4, 0.5) is 8.78 Å². The molecule has 3 aromatic rings. The molecule has 0 bridgehead atoms. The van der Waals surface area contributed by atoms with Crippen LogP contribution in [-0.4, -0.2) is 48.7 Å². The monoisotopic (exact) mass is 482 g/mol. The summed E-state index contributed by atoms with van der Waals surface area (Å²) < 4.78 is 36.0. The molecule has 0 unspecified atom stereocenters. The zero-order valence-electron chi connectivity index (χ0n) is 20.4. The lowest BCUT2D eigenvalue weighted by atomic mass is 9.79. The van der Waals surface area contributed by atoms with Gasteiger partial charge in [0.05, 0.1) is 35.4 Å². The van der Waals surface area contributed by atoms with Gasteiger partial charge in [-0.2, -0.15) is 5.10 Å². The topological polar surface area (TPSA) is 78.6 Å². The van der Waals surface area contributed by atoms with E-state index in [-0.39, 0.29) is 30.8 Å². The molecular formula is C26H32F2N6O. The van der Waals surface area contributed by atoms with E-state index in [4.69, 9.17) is 24.7 Å². The maximum Gasteiger partial charge on any atom is 0.182 e. The number of aromatic nitrogens is 6. The summed E-state index contributed by atoms with van der Waals surface area (Å²) in [5, 5.41) is 4.53. The van der Waals surface area contributed by atoms with Crippen LogP contribution >= 0.6 is 0 Å². The van der Waals surface area contributed by atoms with E-state index in [0.29, 0.717) is 36.7 Å². The molecular weight excluding hydrogens is 450 g/mol. The standard InChI is InChI=1S/C26H32F2N6O/c1-15-16(2)31-25-23(30-15)22(17-5-8-26(28,14-27)9-6-17)32-24(33-25)18-7-10-35-21(11-18)19-12-29-34(13-19)20-3-4-20/h12-13,17-18,20-21H,3-11,14H2,1-2H3/t17?,18-,21-,26?/m0/s1. The third-order valence-electron chi connectivity index (χ3n) is 8.06. The molecule has 9 heteroatoms. The number of hydrogen-bond acceptors (Lipinski definition) is 6. The van der Waals surface area contributed by atoms with Gasteiger partial charge in [-0.1, -0.05) is 0 Å². The highest BCUT2D eigenvalue weighted by Crippen LogP contribution is 2.43. The Balaban J connectivity index is 1.32. The minimum Gasteiger partial charge on any atom is -0.373 e. The normalized spacial score (nSPS) is 29.5. The lowest BCUT2D eigenvalue weighted by Crippen LogP contribution is -2.31. The molecule has 0 amide bonds. The molecule has 3 aliphatic rings. The number of ether oxygens (including phenoxy) is 1. The van der Waals surface area contributed by atoms with Gasteiger partial charge in [-0.3, -0.25) is 4.68 Å². The van der Waals surface area contributed by atoms with Crippen LogP contribution in [0.1, 0.15) is 104 Å². The van der Waals surface area contributed by atoms with Gasteiger partial charge in [-0.25, -0.2) is 28.7 Å². The first-order valence-electron chi connectivity index (χ1n) is 12.9. The van der Waals surface area contributed by atoms with Gasteiger partial charge in [-0.15, -0.1) is 0 Å². The molecule has 3 fully saturated rings. The smallest absolute Gasteiger partial charge is 0.182 e. The molecule has 0 aromatic carbocycles. The van der Waals surface area contributed by atoms with Gasteiger partial charge >= 0.3 is 0 Å². The minimum atomic E-state index is -1.71. The van der Waals surface area contributed by atoms with Crippen LogP contribution in [-0.2, 0) is 4.74 Å². The quantitative estimate of drug-likeness (QED) is 0.475. The second-order valence-corrected chi connectivity index (χ2v) is 10.7. The van der Waals surface area contributed by atoms with Crippen molar-refractivity contribution >= 4 is 11.2 Å². The molecule has 35 heavy (non-hydrogen) atoms. The second-order valence-electron chi connectivity index (χ2n) is 10.7. The van der Waals surface area contributed by atoms with Crippen molar-refractivity contribution in [3.63, 3.8) is 0 Å². The summed E-state index contributed by atoms with van der Waals surface area (Å²) in [5.74, 6) is 0.910. The van der Waals surface area contributed by atoms with Crippen LogP contribution < -0.4 is 0 Å². The Morgan fingerprint density at radius 1 is 1.00 bits per heavy atom. The molecule has 0 N–H and O–H groups in total. The molecule has 6 rings (SSSR count). The van der Waals surface area contributed by atoms with Crippen molar-refractivity contribution in [1.82, 2.24) is 29.7 Å². The maximum atomic E-state index is 14.6. The van der Waals surface area contributed by atoms with Crippen molar-refractivity contribution in [2.75, 3.05) is 13.3 Å². The fraction of sp³-hybridized carbons (Fsp3) is 0.654. The maximum absolute atomic E-state index is 14.6. The Kier molecular flexibility index (Phi) is 5.78. The zero-order valence-corrected chi connectivity index (χ0v) is 20.4. The molecule has 2 saturated carbocycles. The number of hydrogen-bond donors (Lipinski definition) is 0. The van der Waals surface area contributed by atoms with Gasteiger partial charge in [0, 0.05) is 30.2 Å². The summed E-state index contributed by atoms with van der Waals surface area (Å²) in [4.78, 5) is 19.5. The predicted molar refractivity (Wildman–Crippen MR) is 127 cm³/mol. The molecule has 0 radical (unpaired) electrons. The highest BCUT2D eigenvalue weighted by molar-refractivity contribution is 5.73. The van der Waals surface area contributed by atoms with E-state index >= 15 is 0 Å². The van der Waals surface area contributed by atoms with Crippen LogP contribution in [0.3, 0.4) is 0 Å². The summed E-state index contributed by atoms with van der Waals surface area (Å²) in [6, 6.07) is 0.538. The van der Waals surface area contributed by atoms with E-state index in [9.17, 15) is 8.78 Å². The fourth-order valence-electron chi connectivity index (χ4n) is 5.48. The van der Waals surface area contributed by atoms with E-state index in [2.05, 4.69) is 16.0 Å². The Morgan fingerprint density at radius 2 is 1.77 bits per heavy atom. The largest absolute Gasteiger partial charge is 0.373 e. The van der Waals surface area contributed by atoms with Crippen molar-refractivity contribution in [2.45, 2.75) is 94.9 Å². The SMILES string of the molecule is Cc1nc2nc([C@H]3CCO[C@H](c4cnn(C5CC5)c4)C3)nc(C3CCC(F)(CF)CC3)c2nc1C. The lowest BCUT2D eigenvalue weighted by Gasteiger charge is -2.32. The minimum absolute atomic E-state index is 0.0264. The second kappa shape index (κ2) is 8.84. The third kappa shape index (κ3) is 4.43. The summed E-state index contributed by atoms with van der Waals surface area (Å²) in [6.45, 7) is 3.57. The van der Waals surface area contributed by atoms with E-state index in [0.717, 1.165) is 41.3 Å². The summed E-state index contributed by atoms with van der Waals surface area (Å²) >= 11 is 0. The molecule has 3 aromatic heterocycles. The van der Waals surface area contributed by atoms with Crippen LogP contribution in [0, 0.1) is 13.8 Å². The fourth-order valence-corrected chi connectivity index (χ4v) is 5.48. The first-order chi connectivity index (χ1) is 16.9. The van der Waals surface area contributed by atoms with E-state index < -0.39 is 12.3 Å². The van der Waals surface area contributed by atoms with Gasteiger partial charge in [-0.05, 0) is 65.2 Å². The van der Waals surface area contributed by atoms with Crippen molar-refractivity contribution in [3.05, 3.63) is 40.9 Å². The Labute approximate surface area is 203 Å². The van der Waals surface area contributed by atoms with Crippen molar-refractivity contribution in [2.24, 2.45) is 0 Å². The Hall–Kier alpha value is -2.55. The molecule has 4 heterocycles. The van der Waals surface area contributed by atoms with E-state index in [1.165, 1.54) is 12.8 Å². The molecule has 1 saturated heterocycles. The lowest BCUT2D eigenvalue weighted by molar-refractivity contribution is 0.00388. The van der Waals surface area contributed by atoms with Gasteiger partial charge < -0.3 is 4.74 Å². The molecule has 186 valence electrons. The van der Waals surface area contributed by atoms with Crippen LogP contribution in [0.5, 0.6) is 0 Å². The summed E-state index contributed by atoms with van der Waals surface area (Å²) in [6.07, 6.45) is 9.51. The molecule has 0 spiro atoms. The van der Waals surface area contributed by atoms with Crippen LogP contribution in [0.15, 0.2) is 12.4 Å². The van der Waals surface area contributed by atoms with Crippen molar-refractivity contribution < 1.29 is 13.5 Å². The van der Waals surface area contributed by atoms with Crippen LogP contribution in [0.25, 0.3) is 11.2 Å². The number of halogens is 2. The highest BCUT2D eigenvalue weighted by Gasteiger charge is 2.38. The zero-order chi connectivity index (χ0) is 24.2. The molecule has 1 aliphatic heterocycles. The number of nitrogens with zero attached hydrogens (tertiary/aromatic N) is 6. The van der Waals surface area contributed by atoms with Gasteiger partial charge in [0.1, 0.15) is 23.7 Å². The first kappa shape index (κ1) is 22.9. The predicted octanol–water partition coefficient (Wildman–Crippen LogP) is 5.54. The number of rotatable bonds is 5. The molecule has 7 nitrogen and oxygen atoms in total. The van der Waals surface area contributed by atoms with Crippen molar-refractivity contribution in [3.8, 4) is 0 Å². The third-order valence-corrected chi connectivity index (χ3v) is 8.06. The van der Waals surface area contributed by atoms with Crippen molar-refractivity contribution in [1.29, 1.82) is 0 Å². The first-order valence-corrected chi connectivity index (χ1v) is 12.9. The number of aryl methyl sites for hydroxylation is 2. The van der Waals surface area contributed by atoms with E-state index in [1.54, 1.807) is 0 Å². The van der Waals surface area contributed by atoms with E-state index in [1.807, 2.05) is 20.0 Å².